The van der Waals surface area contributed by atoms with Crippen molar-refractivity contribution in [2.45, 2.75) is 13.8 Å². The molecule has 5 nitrogen and oxygen atoms in total. The highest BCUT2D eigenvalue weighted by molar-refractivity contribution is 6.05. The summed E-state index contributed by atoms with van der Waals surface area (Å²) in [5.41, 5.74) is 1.73. The van der Waals surface area contributed by atoms with Gasteiger partial charge in [-0.1, -0.05) is 6.08 Å². The largest absolute Gasteiger partial charge is 0.465 e. The summed E-state index contributed by atoms with van der Waals surface area (Å²) in [5, 5.41) is 0. The zero-order chi connectivity index (χ0) is 17.9. The van der Waals surface area contributed by atoms with Gasteiger partial charge in [0.05, 0.1) is 19.8 Å². The van der Waals surface area contributed by atoms with Gasteiger partial charge in [0.15, 0.2) is 0 Å². The van der Waals surface area contributed by atoms with E-state index >= 15 is 0 Å². The molecule has 6 heteroatoms. The summed E-state index contributed by atoms with van der Waals surface area (Å²) in [6.07, 6.45) is 6.36. The number of methoxy groups -OCH3 is 2. The number of carbonyl (C=O) groups excluding carboxylic acids is 2. The van der Waals surface area contributed by atoms with Gasteiger partial charge >= 0.3 is 11.9 Å². The van der Waals surface area contributed by atoms with Crippen LogP contribution in [0.3, 0.4) is 0 Å². The molecule has 0 radical (unpaired) electrons. The number of benzene rings is 1. The van der Waals surface area contributed by atoms with Crippen LogP contribution in [0.25, 0.3) is 0 Å². The number of halogens is 1. The first-order chi connectivity index (χ1) is 11.4. The van der Waals surface area contributed by atoms with Crippen molar-refractivity contribution in [1.29, 1.82) is 0 Å². The van der Waals surface area contributed by atoms with Crippen LogP contribution in [0, 0.1) is 19.7 Å². The highest BCUT2D eigenvalue weighted by Crippen LogP contribution is 2.31. The zero-order valence-corrected chi connectivity index (χ0v) is 13.9. The predicted molar refractivity (Wildman–Crippen MR) is 87.7 cm³/mol. The summed E-state index contributed by atoms with van der Waals surface area (Å²) >= 11 is 0. The normalized spacial score (nSPS) is 13.8. The van der Waals surface area contributed by atoms with E-state index in [9.17, 15) is 14.0 Å². The molecule has 24 heavy (non-hydrogen) atoms. The minimum absolute atomic E-state index is 0.00320. The highest BCUT2D eigenvalue weighted by Gasteiger charge is 2.28. The molecule has 0 unspecified atom stereocenters. The van der Waals surface area contributed by atoms with Gasteiger partial charge < -0.3 is 14.4 Å². The number of anilines is 1. The Labute approximate surface area is 139 Å². The minimum Gasteiger partial charge on any atom is -0.465 e. The van der Waals surface area contributed by atoms with Crippen LogP contribution >= 0.6 is 0 Å². The standard InChI is InChI=1S/C18H18FNO4/c1-11-12(2)15(9-8-14(11)19)20-10-6-5-7-13(17(21)23-3)16(20)18(22)24-4/h5-10H,1-4H3. The highest BCUT2D eigenvalue weighted by atomic mass is 19.1. The van der Waals surface area contributed by atoms with Gasteiger partial charge in [-0.05, 0) is 49.3 Å². The average Bonchev–Trinajstić information content (AvgIpc) is 2.81. The van der Waals surface area contributed by atoms with Gasteiger partial charge in [0.2, 0.25) is 0 Å². The van der Waals surface area contributed by atoms with Crippen LogP contribution in [0.4, 0.5) is 10.1 Å². The lowest BCUT2D eigenvalue weighted by Crippen LogP contribution is -2.27. The Hall–Kier alpha value is -2.89. The lowest BCUT2D eigenvalue weighted by Gasteiger charge is -2.25. The number of carbonyl (C=O) groups is 2. The molecule has 0 amide bonds. The fourth-order valence-corrected chi connectivity index (χ4v) is 2.39. The number of hydrogen-bond donors (Lipinski definition) is 0. The number of rotatable bonds is 3. The van der Waals surface area contributed by atoms with Gasteiger partial charge in [-0.25, -0.2) is 14.0 Å². The molecule has 0 spiro atoms. The van der Waals surface area contributed by atoms with Crippen LogP contribution in [-0.2, 0) is 19.1 Å². The molecule has 0 saturated carbocycles. The molecule has 2 rings (SSSR count). The molecular formula is C18H18FNO4. The Morgan fingerprint density at radius 2 is 1.67 bits per heavy atom. The van der Waals surface area contributed by atoms with Crippen LogP contribution in [-0.4, -0.2) is 26.2 Å². The van der Waals surface area contributed by atoms with Crippen molar-refractivity contribution in [1.82, 2.24) is 0 Å². The van der Waals surface area contributed by atoms with Crippen molar-refractivity contribution in [3.8, 4) is 0 Å². The van der Waals surface area contributed by atoms with Crippen LogP contribution in [0.2, 0.25) is 0 Å². The molecule has 0 atom stereocenters. The topological polar surface area (TPSA) is 55.8 Å². The Morgan fingerprint density at radius 3 is 2.29 bits per heavy atom. The molecule has 1 aliphatic heterocycles. The summed E-state index contributed by atoms with van der Waals surface area (Å²) < 4.78 is 23.3. The molecule has 0 aliphatic carbocycles. The van der Waals surface area contributed by atoms with E-state index in [0.29, 0.717) is 16.8 Å². The second kappa shape index (κ2) is 7.12. The van der Waals surface area contributed by atoms with Crippen molar-refractivity contribution in [3.05, 3.63) is 64.8 Å². The third kappa shape index (κ3) is 3.08. The predicted octanol–water partition coefficient (Wildman–Crippen LogP) is 2.93. The summed E-state index contributed by atoms with van der Waals surface area (Å²) in [6, 6.07) is 2.86. The summed E-state index contributed by atoms with van der Waals surface area (Å²) in [6.45, 7) is 3.39. The van der Waals surface area contributed by atoms with Crippen molar-refractivity contribution in [2.24, 2.45) is 0 Å². The minimum atomic E-state index is -0.701. The zero-order valence-electron chi connectivity index (χ0n) is 13.9. The summed E-state index contributed by atoms with van der Waals surface area (Å²) in [4.78, 5) is 25.9. The number of ether oxygens (including phenoxy) is 2. The van der Waals surface area contributed by atoms with Crippen molar-refractivity contribution in [2.75, 3.05) is 19.1 Å². The molecule has 126 valence electrons. The van der Waals surface area contributed by atoms with E-state index in [2.05, 4.69) is 0 Å². The molecule has 0 bridgehead atoms. The lowest BCUT2D eigenvalue weighted by molar-refractivity contribution is -0.139. The summed E-state index contributed by atoms with van der Waals surface area (Å²) in [7, 11) is 2.46. The maximum absolute atomic E-state index is 13.8. The SMILES string of the molecule is COC(=O)C1=C(C(=O)OC)N(c2ccc(F)c(C)c2C)C=CC=C1. The first-order valence-corrected chi connectivity index (χ1v) is 7.23. The van der Waals surface area contributed by atoms with E-state index in [1.54, 1.807) is 38.3 Å². The quantitative estimate of drug-likeness (QED) is 0.797. The molecule has 1 aliphatic rings. The second-order valence-electron chi connectivity index (χ2n) is 5.13. The number of esters is 2. The molecule has 1 aromatic rings. The molecular weight excluding hydrogens is 313 g/mol. The van der Waals surface area contributed by atoms with E-state index in [1.165, 1.54) is 31.3 Å². The monoisotopic (exact) mass is 331 g/mol. The first-order valence-electron chi connectivity index (χ1n) is 7.23. The Kier molecular flexibility index (Phi) is 5.18. The van der Waals surface area contributed by atoms with Crippen LogP contribution in [0.15, 0.2) is 47.8 Å². The van der Waals surface area contributed by atoms with Gasteiger partial charge in [0.25, 0.3) is 0 Å². The number of hydrogen-bond acceptors (Lipinski definition) is 5. The van der Waals surface area contributed by atoms with E-state index in [1.807, 2.05) is 0 Å². The maximum atomic E-state index is 13.8. The number of allylic oxidation sites excluding steroid dienone is 2. The van der Waals surface area contributed by atoms with Gasteiger partial charge in [-0.3, -0.25) is 0 Å². The van der Waals surface area contributed by atoms with E-state index in [-0.39, 0.29) is 17.1 Å². The van der Waals surface area contributed by atoms with Crippen LogP contribution < -0.4 is 4.90 Å². The van der Waals surface area contributed by atoms with Gasteiger partial charge in [0.1, 0.15) is 11.5 Å². The smallest absolute Gasteiger partial charge is 0.355 e. The molecule has 0 aromatic heterocycles. The molecule has 1 aromatic carbocycles. The second-order valence-corrected chi connectivity index (χ2v) is 5.13. The average molecular weight is 331 g/mol. The maximum Gasteiger partial charge on any atom is 0.355 e. The van der Waals surface area contributed by atoms with Crippen LogP contribution in [0.1, 0.15) is 11.1 Å². The third-order valence-corrected chi connectivity index (χ3v) is 3.84. The van der Waals surface area contributed by atoms with E-state index in [0.717, 1.165) is 0 Å². The third-order valence-electron chi connectivity index (χ3n) is 3.84. The molecule has 0 fully saturated rings. The fourth-order valence-electron chi connectivity index (χ4n) is 2.39. The Morgan fingerprint density at radius 1 is 1.00 bits per heavy atom. The fraction of sp³-hybridized carbons (Fsp3) is 0.222. The molecule has 1 heterocycles. The van der Waals surface area contributed by atoms with Gasteiger partial charge in [0, 0.05) is 11.9 Å². The Bertz CT molecular complexity index is 777. The first kappa shape index (κ1) is 17.5. The number of nitrogens with zero attached hydrogens (tertiary/aromatic N) is 1. The van der Waals surface area contributed by atoms with Gasteiger partial charge in [-0.15, -0.1) is 0 Å². The molecule has 0 N–H and O–H groups in total. The molecule has 0 saturated heterocycles. The van der Waals surface area contributed by atoms with E-state index in [4.69, 9.17) is 9.47 Å². The van der Waals surface area contributed by atoms with Crippen molar-refractivity contribution >= 4 is 17.6 Å². The summed E-state index contributed by atoms with van der Waals surface area (Å²) in [5.74, 6) is -1.71. The van der Waals surface area contributed by atoms with Crippen LogP contribution in [0.5, 0.6) is 0 Å². The van der Waals surface area contributed by atoms with E-state index < -0.39 is 11.9 Å². The van der Waals surface area contributed by atoms with Gasteiger partial charge in [-0.2, -0.15) is 0 Å². The van der Waals surface area contributed by atoms with Crippen molar-refractivity contribution < 1.29 is 23.5 Å². The Balaban J connectivity index is 2.73. The lowest BCUT2D eigenvalue weighted by atomic mass is 10.1. The van der Waals surface area contributed by atoms with Crippen molar-refractivity contribution in [3.63, 3.8) is 0 Å².